The monoisotopic (exact) mass is 231 g/mol. The number of aromatic nitrogens is 2. The van der Waals surface area contributed by atoms with Crippen LogP contribution in [0.2, 0.25) is 0 Å². The van der Waals surface area contributed by atoms with E-state index in [2.05, 4.69) is 10.2 Å². The lowest BCUT2D eigenvalue weighted by Crippen LogP contribution is -1.97. The molecule has 3 N–H and O–H groups in total. The first-order valence-electron chi connectivity index (χ1n) is 5.54. The summed E-state index contributed by atoms with van der Waals surface area (Å²) in [4.78, 5) is 0. The molecule has 0 bridgehead atoms. The summed E-state index contributed by atoms with van der Waals surface area (Å²) in [5, 5.41) is 6.78. The third kappa shape index (κ3) is 1.91. The van der Waals surface area contributed by atoms with Crippen molar-refractivity contribution in [2.24, 2.45) is 0 Å². The van der Waals surface area contributed by atoms with Crippen LogP contribution in [0.25, 0.3) is 11.3 Å². The number of nitrogen functional groups attached to an aromatic ring is 1. The van der Waals surface area contributed by atoms with Gasteiger partial charge in [-0.15, -0.1) is 0 Å². The average molecular weight is 231 g/mol. The lowest BCUT2D eigenvalue weighted by atomic mass is 10.1. The zero-order valence-corrected chi connectivity index (χ0v) is 9.27. The van der Waals surface area contributed by atoms with Crippen molar-refractivity contribution in [3.05, 3.63) is 24.3 Å². The van der Waals surface area contributed by atoms with Crippen LogP contribution in [0.4, 0.5) is 5.82 Å². The number of anilines is 1. The lowest BCUT2D eigenvalue weighted by molar-refractivity contribution is 0.297. The van der Waals surface area contributed by atoms with Crippen molar-refractivity contribution < 1.29 is 9.47 Å². The molecule has 0 fully saturated rings. The molecule has 2 aromatic rings. The summed E-state index contributed by atoms with van der Waals surface area (Å²) in [6.45, 7) is 1.38. The maximum atomic E-state index is 5.63. The summed E-state index contributed by atoms with van der Waals surface area (Å²) in [7, 11) is 0. The van der Waals surface area contributed by atoms with Crippen LogP contribution in [0.15, 0.2) is 24.3 Å². The Hall–Kier alpha value is -2.17. The molecule has 88 valence electrons. The molecular weight excluding hydrogens is 218 g/mol. The zero-order chi connectivity index (χ0) is 11.7. The molecule has 5 nitrogen and oxygen atoms in total. The minimum atomic E-state index is 0.479. The summed E-state index contributed by atoms with van der Waals surface area (Å²) in [5.41, 5.74) is 7.44. The zero-order valence-electron chi connectivity index (χ0n) is 9.27. The molecule has 1 aliphatic heterocycles. The van der Waals surface area contributed by atoms with Gasteiger partial charge < -0.3 is 15.2 Å². The Balaban J connectivity index is 2.00. The molecule has 1 aromatic heterocycles. The van der Waals surface area contributed by atoms with Crippen LogP contribution < -0.4 is 15.2 Å². The molecule has 17 heavy (non-hydrogen) atoms. The molecule has 0 amide bonds. The SMILES string of the molecule is Nc1cc(-c2ccc3c(c2)OCCCO3)[nH]n1. The number of nitrogens with two attached hydrogens (primary N) is 1. The molecule has 2 heterocycles. The lowest BCUT2D eigenvalue weighted by Gasteiger charge is -2.08. The Bertz CT molecular complexity index is 536. The van der Waals surface area contributed by atoms with Crippen molar-refractivity contribution in [3.63, 3.8) is 0 Å². The van der Waals surface area contributed by atoms with Gasteiger partial charge in [0.2, 0.25) is 0 Å². The van der Waals surface area contributed by atoms with Crippen LogP contribution in [-0.4, -0.2) is 23.4 Å². The van der Waals surface area contributed by atoms with Crippen molar-refractivity contribution in [3.8, 4) is 22.8 Å². The maximum Gasteiger partial charge on any atom is 0.161 e. The highest BCUT2D eigenvalue weighted by Crippen LogP contribution is 2.33. The van der Waals surface area contributed by atoms with Crippen LogP contribution in [0.3, 0.4) is 0 Å². The Morgan fingerprint density at radius 1 is 1.12 bits per heavy atom. The van der Waals surface area contributed by atoms with Gasteiger partial charge in [0.25, 0.3) is 0 Å². The van der Waals surface area contributed by atoms with Crippen molar-refractivity contribution >= 4 is 5.82 Å². The predicted octanol–water partition coefficient (Wildman–Crippen LogP) is 1.82. The number of benzene rings is 1. The third-order valence-electron chi connectivity index (χ3n) is 2.66. The molecule has 0 aliphatic carbocycles. The quantitative estimate of drug-likeness (QED) is 0.785. The first-order chi connectivity index (χ1) is 8.33. The van der Waals surface area contributed by atoms with Crippen molar-refractivity contribution in [1.82, 2.24) is 10.2 Å². The molecule has 1 aliphatic rings. The fraction of sp³-hybridized carbons (Fsp3) is 0.250. The van der Waals surface area contributed by atoms with E-state index in [4.69, 9.17) is 15.2 Å². The van der Waals surface area contributed by atoms with Crippen molar-refractivity contribution in [1.29, 1.82) is 0 Å². The molecule has 0 radical (unpaired) electrons. The molecular formula is C12H13N3O2. The fourth-order valence-electron chi connectivity index (χ4n) is 1.82. The number of nitrogens with one attached hydrogen (secondary N) is 1. The van der Waals surface area contributed by atoms with Gasteiger partial charge in [-0.25, -0.2) is 0 Å². The normalized spacial score (nSPS) is 14.4. The number of rotatable bonds is 1. The van der Waals surface area contributed by atoms with Gasteiger partial charge in [0.1, 0.15) is 5.82 Å². The largest absolute Gasteiger partial charge is 0.490 e. The topological polar surface area (TPSA) is 73.2 Å². The van der Waals surface area contributed by atoms with E-state index in [0.29, 0.717) is 19.0 Å². The van der Waals surface area contributed by atoms with E-state index in [1.54, 1.807) is 6.07 Å². The van der Waals surface area contributed by atoms with Gasteiger partial charge in [0.05, 0.1) is 18.9 Å². The minimum Gasteiger partial charge on any atom is -0.490 e. The smallest absolute Gasteiger partial charge is 0.161 e. The number of H-pyrrole nitrogens is 1. The maximum absolute atomic E-state index is 5.63. The third-order valence-corrected chi connectivity index (χ3v) is 2.66. The van der Waals surface area contributed by atoms with Gasteiger partial charge in [0, 0.05) is 18.1 Å². The van der Waals surface area contributed by atoms with Gasteiger partial charge in [-0.05, 0) is 18.2 Å². The standard InChI is InChI=1S/C12H13N3O2/c13-12-7-9(14-15-12)8-2-3-10-11(6-8)17-5-1-4-16-10/h2-3,6-7H,1,4-5H2,(H3,13,14,15). The molecule has 0 atom stereocenters. The van der Waals surface area contributed by atoms with E-state index in [1.165, 1.54) is 0 Å². The van der Waals surface area contributed by atoms with E-state index in [1.807, 2.05) is 18.2 Å². The minimum absolute atomic E-state index is 0.479. The van der Waals surface area contributed by atoms with Crippen LogP contribution in [0, 0.1) is 0 Å². The number of aromatic amines is 1. The van der Waals surface area contributed by atoms with Gasteiger partial charge in [-0.3, -0.25) is 5.10 Å². The summed E-state index contributed by atoms with van der Waals surface area (Å²) in [6.07, 6.45) is 0.904. The summed E-state index contributed by atoms with van der Waals surface area (Å²) >= 11 is 0. The number of nitrogens with zero attached hydrogens (tertiary/aromatic N) is 1. The first-order valence-corrected chi connectivity index (χ1v) is 5.54. The van der Waals surface area contributed by atoms with Crippen molar-refractivity contribution in [2.75, 3.05) is 18.9 Å². The molecule has 0 saturated heterocycles. The van der Waals surface area contributed by atoms with Crippen LogP contribution in [0.5, 0.6) is 11.5 Å². The number of ether oxygens (including phenoxy) is 2. The molecule has 0 saturated carbocycles. The average Bonchev–Trinajstić information content (AvgIpc) is 2.64. The Morgan fingerprint density at radius 2 is 1.94 bits per heavy atom. The Labute approximate surface area is 98.5 Å². The second-order valence-electron chi connectivity index (χ2n) is 3.92. The first kappa shape index (κ1) is 10.0. The van der Waals surface area contributed by atoms with Crippen LogP contribution >= 0.6 is 0 Å². The van der Waals surface area contributed by atoms with Crippen molar-refractivity contribution in [2.45, 2.75) is 6.42 Å². The Morgan fingerprint density at radius 3 is 2.71 bits per heavy atom. The highest BCUT2D eigenvalue weighted by atomic mass is 16.5. The van der Waals surface area contributed by atoms with Gasteiger partial charge in [0.15, 0.2) is 11.5 Å². The van der Waals surface area contributed by atoms with Gasteiger partial charge in [-0.2, -0.15) is 5.10 Å². The number of hydrogen-bond donors (Lipinski definition) is 2. The second-order valence-corrected chi connectivity index (χ2v) is 3.92. The van der Waals surface area contributed by atoms with E-state index in [-0.39, 0.29) is 0 Å². The summed E-state index contributed by atoms with van der Waals surface area (Å²) < 4.78 is 11.2. The molecule has 0 spiro atoms. The van der Waals surface area contributed by atoms with E-state index >= 15 is 0 Å². The highest BCUT2D eigenvalue weighted by molar-refractivity contribution is 5.65. The van der Waals surface area contributed by atoms with E-state index in [9.17, 15) is 0 Å². The summed E-state index contributed by atoms with van der Waals surface area (Å²) in [6, 6.07) is 7.60. The molecule has 0 unspecified atom stereocenters. The number of fused-ring (bicyclic) bond motifs is 1. The number of hydrogen-bond acceptors (Lipinski definition) is 4. The fourth-order valence-corrected chi connectivity index (χ4v) is 1.82. The highest BCUT2D eigenvalue weighted by Gasteiger charge is 2.12. The predicted molar refractivity (Wildman–Crippen MR) is 64.0 cm³/mol. The van der Waals surface area contributed by atoms with E-state index in [0.717, 1.165) is 29.2 Å². The Kier molecular flexibility index (Phi) is 2.36. The second kappa shape index (κ2) is 4.01. The van der Waals surface area contributed by atoms with Crippen LogP contribution in [-0.2, 0) is 0 Å². The summed E-state index contributed by atoms with van der Waals surface area (Å²) in [5.74, 6) is 2.04. The van der Waals surface area contributed by atoms with Gasteiger partial charge >= 0.3 is 0 Å². The van der Waals surface area contributed by atoms with E-state index < -0.39 is 0 Å². The molecule has 5 heteroatoms. The van der Waals surface area contributed by atoms with Crippen LogP contribution in [0.1, 0.15) is 6.42 Å². The van der Waals surface area contributed by atoms with Gasteiger partial charge in [-0.1, -0.05) is 0 Å². The molecule has 1 aromatic carbocycles. The molecule has 3 rings (SSSR count).